The molecule has 2 heterocycles. The van der Waals surface area contributed by atoms with E-state index < -0.39 is 16.5 Å². The van der Waals surface area contributed by atoms with Crippen molar-refractivity contribution in [1.29, 1.82) is 0 Å². The van der Waals surface area contributed by atoms with Gasteiger partial charge < -0.3 is 9.15 Å². The lowest BCUT2D eigenvalue weighted by Crippen LogP contribution is -2.25. The fraction of sp³-hybridized carbons (Fsp3) is 0.105. The number of para-hydroxylation sites is 2. The first-order valence-corrected chi connectivity index (χ1v) is 8.29. The maximum atomic E-state index is 12.6. The highest BCUT2D eigenvalue weighted by Crippen LogP contribution is 2.24. The number of nitro benzene ring substituents is 1. The predicted octanol–water partition coefficient (Wildman–Crippen LogP) is 2.79. The van der Waals surface area contributed by atoms with Crippen molar-refractivity contribution in [3.63, 3.8) is 0 Å². The van der Waals surface area contributed by atoms with Crippen LogP contribution in [0.2, 0.25) is 0 Å². The number of aromatic nitrogens is 2. The molecule has 0 aliphatic rings. The average molecular weight is 379 g/mol. The van der Waals surface area contributed by atoms with Crippen LogP contribution in [0.15, 0.2) is 64.1 Å². The van der Waals surface area contributed by atoms with Gasteiger partial charge in [-0.3, -0.25) is 24.3 Å². The molecule has 0 N–H and O–H groups in total. The number of ether oxygens (including phenoxy) is 1. The number of hydrogen-bond donors (Lipinski definition) is 0. The third-order valence-corrected chi connectivity index (χ3v) is 4.23. The second-order valence-electron chi connectivity index (χ2n) is 6.00. The smallest absolute Gasteiger partial charge is 0.326 e. The molecule has 9 nitrogen and oxygen atoms in total. The fourth-order valence-corrected chi connectivity index (χ4v) is 2.88. The van der Waals surface area contributed by atoms with Crippen molar-refractivity contribution >= 4 is 33.7 Å². The Labute approximate surface area is 156 Å². The number of esters is 1. The average Bonchev–Trinajstić information content (AvgIpc) is 3.08. The Morgan fingerprint density at radius 1 is 1.18 bits per heavy atom. The first-order chi connectivity index (χ1) is 13.5. The Kier molecular flexibility index (Phi) is 4.32. The van der Waals surface area contributed by atoms with Gasteiger partial charge in [0.2, 0.25) is 5.58 Å². The van der Waals surface area contributed by atoms with Gasteiger partial charge in [0.1, 0.15) is 24.3 Å². The molecular weight excluding hydrogens is 366 g/mol. The van der Waals surface area contributed by atoms with Gasteiger partial charge in [0.05, 0.1) is 16.8 Å². The van der Waals surface area contributed by atoms with E-state index >= 15 is 0 Å². The number of hydrogen-bond acceptors (Lipinski definition) is 7. The molecule has 0 saturated carbocycles. The summed E-state index contributed by atoms with van der Waals surface area (Å²) in [7, 11) is 0. The number of fused-ring (bicyclic) bond motifs is 3. The van der Waals surface area contributed by atoms with Crippen molar-refractivity contribution in [2.75, 3.05) is 0 Å². The van der Waals surface area contributed by atoms with Gasteiger partial charge >= 0.3 is 5.97 Å². The molecule has 9 heteroatoms. The summed E-state index contributed by atoms with van der Waals surface area (Å²) in [5, 5.41) is 11.7. The summed E-state index contributed by atoms with van der Waals surface area (Å²) in [5.74, 6) is -0.725. The normalized spacial score (nSPS) is 11.0. The molecule has 0 amide bonds. The molecule has 0 unspecified atom stereocenters. The van der Waals surface area contributed by atoms with Crippen LogP contribution in [0.5, 0.6) is 0 Å². The van der Waals surface area contributed by atoms with Crippen LogP contribution < -0.4 is 5.56 Å². The van der Waals surface area contributed by atoms with Gasteiger partial charge in [-0.2, -0.15) is 0 Å². The van der Waals surface area contributed by atoms with Crippen LogP contribution in [0.25, 0.3) is 22.1 Å². The Hall–Kier alpha value is -4.01. The zero-order valence-corrected chi connectivity index (χ0v) is 14.4. The predicted molar refractivity (Wildman–Crippen MR) is 98.7 cm³/mol. The van der Waals surface area contributed by atoms with Crippen molar-refractivity contribution in [2.45, 2.75) is 13.2 Å². The summed E-state index contributed by atoms with van der Waals surface area (Å²) >= 11 is 0. The third-order valence-electron chi connectivity index (χ3n) is 4.23. The Morgan fingerprint density at radius 3 is 2.75 bits per heavy atom. The van der Waals surface area contributed by atoms with Crippen LogP contribution in [-0.2, 0) is 22.7 Å². The number of nitro groups is 1. The van der Waals surface area contributed by atoms with Crippen LogP contribution in [-0.4, -0.2) is 20.4 Å². The largest absolute Gasteiger partial charge is 0.459 e. The molecule has 28 heavy (non-hydrogen) atoms. The second-order valence-corrected chi connectivity index (χ2v) is 6.00. The minimum atomic E-state index is -0.725. The van der Waals surface area contributed by atoms with Gasteiger partial charge in [-0.15, -0.1) is 0 Å². The maximum Gasteiger partial charge on any atom is 0.326 e. The molecule has 0 saturated heterocycles. The van der Waals surface area contributed by atoms with E-state index in [4.69, 9.17) is 9.15 Å². The maximum absolute atomic E-state index is 12.6. The van der Waals surface area contributed by atoms with Crippen LogP contribution in [0.4, 0.5) is 5.69 Å². The molecule has 0 bridgehead atoms. The van der Waals surface area contributed by atoms with E-state index in [-0.39, 0.29) is 30.0 Å². The van der Waals surface area contributed by atoms with Crippen molar-refractivity contribution in [3.05, 3.63) is 80.9 Å². The molecule has 0 radical (unpaired) electrons. The highest BCUT2D eigenvalue weighted by Gasteiger charge is 2.17. The molecule has 0 spiro atoms. The lowest BCUT2D eigenvalue weighted by atomic mass is 10.2. The zero-order valence-electron chi connectivity index (χ0n) is 14.4. The lowest BCUT2D eigenvalue weighted by molar-refractivity contribution is -0.385. The summed E-state index contributed by atoms with van der Waals surface area (Å²) in [5.41, 5.74) is 0.611. The number of carbonyl (C=O) groups is 1. The highest BCUT2D eigenvalue weighted by molar-refractivity contribution is 6.01. The van der Waals surface area contributed by atoms with Gasteiger partial charge in [-0.05, 0) is 18.2 Å². The van der Waals surface area contributed by atoms with Gasteiger partial charge in [-0.1, -0.05) is 24.3 Å². The lowest BCUT2D eigenvalue weighted by Gasteiger charge is -2.07. The Balaban J connectivity index is 1.54. The first-order valence-electron chi connectivity index (χ1n) is 8.29. The van der Waals surface area contributed by atoms with E-state index in [1.54, 1.807) is 24.3 Å². The van der Waals surface area contributed by atoms with Crippen molar-refractivity contribution in [2.24, 2.45) is 0 Å². The topological polar surface area (TPSA) is 117 Å². The number of rotatable bonds is 5. The van der Waals surface area contributed by atoms with E-state index in [1.165, 1.54) is 24.5 Å². The molecule has 140 valence electrons. The zero-order chi connectivity index (χ0) is 19.7. The van der Waals surface area contributed by atoms with Crippen LogP contribution >= 0.6 is 0 Å². The van der Waals surface area contributed by atoms with E-state index in [2.05, 4.69) is 4.98 Å². The molecular formula is C19H13N3O6. The van der Waals surface area contributed by atoms with Gasteiger partial charge in [0, 0.05) is 11.5 Å². The number of benzene rings is 2. The first kappa shape index (κ1) is 17.4. The molecule has 2 aromatic carbocycles. The molecule has 4 rings (SSSR count). The minimum absolute atomic E-state index is 0.0511. The monoisotopic (exact) mass is 379 g/mol. The van der Waals surface area contributed by atoms with Crippen molar-refractivity contribution < 1.29 is 18.9 Å². The summed E-state index contributed by atoms with van der Waals surface area (Å²) in [6.45, 7) is -0.662. The minimum Gasteiger partial charge on any atom is -0.459 e. The number of carbonyl (C=O) groups excluding carboxylic acids is 1. The Morgan fingerprint density at radius 2 is 1.93 bits per heavy atom. The van der Waals surface area contributed by atoms with Crippen LogP contribution in [0.3, 0.4) is 0 Å². The third kappa shape index (κ3) is 3.09. The van der Waals surface area contributed by atoms with Gasteiger partial charge in [-0.25, -0.2) is 4.98 Å². The summed E-state index contributed by atoms with van der Waals surface area (Å²) in [4.78, 5) is 39.4. The molecule has 4 aromatic rings. The number of nitrogens with zero attached hydrogens (tertiary/aromatic N) is 3. The second kappa shape index (κ2) is 6.95. The van der Waals surface area contributed by atoms with Gasteiger partial charge in [0.25, 0.3) is 11.2 Å². The van der Waals surface area contributed by atoms with E-state index in [1.807, 2.05) is 6.07 Å². The fourth-order valence-electron chi connectivity index (χ4n) is 2.88. The Bertz CT molecular complexity index is 1270. The molecule has 0 fully saturated rings. The molecule has 0 aliphatic heterocycles. The summed E-state index contributed by atoms with van der Waals surface area (Å²) in [6.07, 6.45) is 1.25. The SMILES string of the molecule is O=C(Cn1cnc2c(oc3ccccc32)c1=O)OCc1ccccc1[N+](=O)[O-]. The standard InChI is InChI=1S/C19H13N3O6/c23-16(27-10-12-5-1-3-7-14(12)22(25)26)9-21-11-20-17-13-6-2-4-8-15(13)28-18(17)19(21)24/h1-8,11H,9-10H2. The van der Waals surface area contributed by atoms with E-state index in [0.29, 0.717) is 16.5 Å². The summed E-state index contributed by atoms with van der Waals surface area (Å²) in [6, 6.07) is 13.1. The van der Waals surface area contributed by atoms with Crippen molar-refractivity contribution in [1.82, 2.24) is 9.55 Å². The molecule has 2 aromatic heterocycles. The highest BCUT2D eigenvalue weighted by atomic mass is 16.6. The quantitative estimate of drug-likeness (QED) is 0.297. The number of furan rings is 1. The summed E-state index contributed by atoms with van der Waals surface area (Å²) < 4.78 is 11.7. The van der Waals surface area contributed by atoms with E-state index in [0.717, 1.165) is 4.57 Å². The van der Waals surface area contributed by atoms with E-state index in [9.17, 15) is 19.7 Å². The van der Waals surface area contributed by atoms with Gasteiger partial charge in [0.15, 0.2) is 0 Å². The van der Waals surface area contributed by atoms with Crippen molar-refractivity contribution in [3.8, 4) is 0 Å². The van der Waals surface area contributed by atoms with Crippen LogP contribution in [0, 0.1) is 10.1 Å². The molecule has 0 atom stereocenters. The molecule has 0 aliphatic carbocycles. The van der Waals surface area contributed by atoms with Crippen LogP contribution in [0.1, 0.15) is 5.56 Å².